The number of rotatable bonds is 6. The molecular weight excluding hydrogens is 436 g/mol. The maximum atomic E-state index is 12.9. The van der Waals surface area contributed by atoms with E-state index in [9.17, 15) is 14.4 Å². The minimum absolute atomic E-state index is 0.0257. The van der Waals surface area contributed by atoms with Gasteiger partial charge in [0.15, 0.2) is 11.5 Å². The third-order valence-electron chi connectivity index (χ3n) is 3.92. The molecule has 0 unspecified atom stereocenters. The first-order chi connectivity index (χ1) is 13.9. The largest absolute Gasteiger partial charge is 0.459 e. The molecule has 3 rings (SSSR count). The van der Waals surface area contributed by atoms with Crippen LogP contribution in [0.25, 0.3) is 6.08 Å². The summed E-state index contributed by atoms with van der Waals surface area (Å²) in [4.78, 5) is 36.8. The van der Waals surface area contributed by atoms with Gasteiger partial charge in [-0.05, 0) is 55.0 Å². The Balaban J connectivity index is 1.89. The highest BCUT2D eigenvalue weighted by Crippen LogP contribution is 2.16. The van der Waals surface area contributed by atoms with Crippen LogP contribution in [-0.4, -0.2) is 17.6 Å². The minimum Gasteiger partial charge on any atom is -0.459 e. The topological polar surface area (TPSA) is 88.4 Å². The zero-order chi connectivity index (χ0) is 20.8. The predicted molar refractivity (Wildman–Crippen MR) is 113 cm³/mol. The fourth-order valence-electron chi connectivity index (χ4n) is 2.53. The highest BCUT2D eigenvalue weighted by molar-refractivity contribution is 9.10. The lowest BCUT2D eigenvalue weighted by Crippen LogP contribution is -2.30. The van der Waals surface area contributed by atoms with Crippen molar-refractivity contribution in [3.63, 3.8) is 0 Å². The van der Waals surface area contributed by atoms with E-state index >= 15 is 0 Å². The average molecular weight is 453 g/mol. The second kappa shape index (κ2) is 9.16. The van der Waals surface area contributed by atoms with Gasteiger partial charge in [0.2, 0.25) is 0 Å². The number of carbonyl (C=O) groups excluding carboxylic acids is 3. The number of amides is 2. The van der Waals surface area contributed by atoms with Crippen molar-refractivity contribution in [1.29, 1.82) is 0 Å². The van der Waals surface area contributed by atoms with E-state index in [-0.39, 0.29) is 17.2 Å². The van der Waals surface area contributed by atoms with E-state index in [0.29, 0.717) is 16.8 Å². The van der Waals surface area contributed by atoms with Crippen LogP contribution in [0.1, 0.15) is 33.4 Å². The van der Waals surface area contributed by atoms with Gasteiger partial charge in [0.05, 0.1) is 6.26 Å². The first-order valence-electron chi connectivity index (χ1n) is 8.67. The van der Waals surface area contributed by atoms with Crippen molar-refractivity contribution < 1.29 is 18.8 Å². The Hall–Kier alpha value is -3.45. The molecule has 0 aliphatic carbocycles. The molecule has 0 atom stereocenters. The Morgan fingerprint density at radius 1 is 1.00 bits per heavy atom. The van der Waals surface area contributed by atoms with Crippen molar-refractivity contribution in [3.8, 4) is 0 Å². The van der Waals surface area contributed by atoms with E-state index < -0.39 is 11.8 Å². The molecular formula is C22H17BrN2O4. The molecule has 3 aromatic rings. The highest BCUT2D eigenvalue weighted by atomic mass is 79.9. The molecule has 1 heterocycles. The molecule has 6 nitrogen and oxygen atoms in total. The van der Waals surface area contributed by atoms with Crippen molar-refractivity contribution in [3.05, 3.63) is 94.0 Å². The van der Waals surface area contributed by atoms with Crippen molar-refractivity contribution in [2.24, 2.45) is 0 Å². The molecule has 146 valence electrons. The Kier molecular flexibility index (Phi) is 6.41. The number of ketones is 1. The van der Waals surface area contributed by atoms with Gasteiger partial charge in [0.25, 0.3) is 11.8 Å². The number of anilines is 1. The Bertz CT molecular complexity index is 1090. The van der Waals surface area contributed by atoms with Gasteiger partial charge in [0, 0.05) is 15.7 Å². The van der Waals surface area contributed by atoms with E-state index in [1.165, 1.54) is 19.3 Å². The van der Waals surface area contributed by atoms with Gasteiger partial charge in [0.1, 0.15) is 5.70 Å². The van der Waals surface area contributed by atoms with Crippen LogP contribution in [0, 0.1) is 0 Å². The van der Waals surface area contributed by atoms with Gasteiger partial charge in [-0.15, -0.1) is 0 Å². The number of hydrogen-bond donors (Lipinski definition) is 2. The first kappa shape index (κ1) is 20.3. The minimum atomic E-state index is -0.552. The SMILES string of the molecule is CC(=O)c1cccc(NC(=O)/C(=C/c2cccc(Br)c2)NC(=O)c2ccco2)c1. The molecule has 0 spiro atoms. The van der Waals surface area contributed by atoms with Crippen LogP contribution in [-0.2, 0) is 4.79 Å². The zero-order valence-electron chi connectivity index (χ0n) is 15.4. The maximum absolute atomic E-state index is 12.9. The van der Waals surface area contributed by atoms with Crippen LogP contribution in [0.15, 0.2) is 81.5 Å². The number of nitrogens with one attached hydrogen (secondary N) is 2. The van der Waals surface area contributed by atoms with Crippen molar-refractivity contribution >= 4 is 45.3 Å². The van der Waals surface area contributed by atoms with Crippen LogP contribution >= 0.6 is 15.9 Å². The molecule has 0 aliphatic rings. The van der Waals surface area contributed by atoms with Gasteiger partial charge in [-0.1, -0.05) is 40.2 Å². The molecule has 29 heavy (non-hydrogen) atoms. The molecule has 0 fully saturated rings. The monoisotopic (exact) mass is 452 g/mol. The molecule has 2 N–H and O–H groups in total. The van der Waals surface area contributed by atoms with Crippen LogP contribution in [0.2, 0.25) is 0 Å². The van der Waals surface area contributed by atoms with Crippen molar-refractivity contribution in [2.45, 2.75) is 6.92 Å². The summed E-state index contributed by atoms with van der Waals surface area (Å²) < 4.78 is 5.92. The average Bonchev–Trinajstić information content (AvgIpc) is 3.22. The van der Waals surface area contributed by atoms with Gasteiger partial charge >= 0.3 is 0 Å². The predicted octanol–water partition coefficient (Wildman–Crippen LogP) is 4.65. The van der Waals surface area contributed by atoms with Crippen LogP contribution in [0.3, 0.4) is 0 Å². The van der Waals surface area contributed by atoms with E-state index in [1.54, 1.807) is 42.5 Å². The zero-order valence-corrected chi connectivity index (χ0v) is 17.0. The maximum Gasteiger partial charge on any atom is 0.291 e. The molecule has 2 aromatic carbocycles. The summed E-state index contributed by atoms with van der Waals surface area (Å²) >= 11 is 3.38. The number of furan rings is 1. The van der Waals surface area contributed by atoms with E-state index in [0.717, 1.165) is 4.47 Å². The molecule has 0 saturated carbocycles. The molecule has 7 heteroatoms. The van der Waals surface area contributed by atoms with Crippen LogP contribution in [0.5, 0.6) is 0 Å². The number of carbonyl (C=O) groups is 3. The van der Waals surface area contributed by atoms with E-state index in [4.69, 9.17) is 4.42 Å². The fourth-order valence-corrected chi connectivity index (χ4v) is 2.94. The fraction of sp³-hybridized carbons (Fsp3) is 0.0455. The molecule has 1 aromatic heterocycles. The summed E-state index contributed by atoms with van der Waals surface area (Å²) in [5, 5.41) is 5.29. The molecule has 0 bridgehead atoms. The molecule has 2 amide bonds. The van der Waals surface area contributed by atoms with Gasteiger partial charge in [-0.3, -0.25) is 14.4 Å². The van der Waals surface area contributed by atoms with Gasteiger partial charge < -0.3 is 15.1 Å². The Morgan fingerprint density at radius 3 is 2.48 bits per heavy atom. The second-order valence-corrected chi connectivity index (χ2v) is 7.05. The molecule has 0 aliphatic heterocycles. The Labute approximate surface area is 175 Å². The number of benzene rings is 2. The van der Waals surface area contributed by atoms with Gasteiger partial charge in [-0.25, -0.2) is 0 Å². The summed E-state index contributed by atoms with van der Waals surface area (Å²) in [5.41, 5.74) is 1.65. The lowest BCUT2D eigenvalue weighted by atomic mass is 10.1. The Morgan fingerprint density at radius 2 is 1.79 bits per heavy atom. The van der Waals surface area contributed by atoms with Crippen LogP contribution < -0.4 is 10.6 Å². The van der Waals surface area contributed by atoms with Crippen molar-refractivity contribution in [2.75, 3.05) is 5.32 Å². The molecule has 0 saturated heterocycles. The smallest absolute Gasteiger partial charge is 0.291 e. The second-order valence-electron chi connectivity index (χ2n) is 6.14. The summed E-state index contributed by atoms with van der Waals surface area (Å²) in [6.45, 7) is 1.45. The number of hydrogen-bond acceptors (Lipinski definition) is 4. The highest BCUT2D eigenvalue weighted by Gasteiger charge is 2.17. The quantitative estimate of drug-likeness (QED) is 0.420. The van der Waals surface area contributed by atoms with E-state index in [1.807, 2.05) is 18.2 Å². The third kappa shape index (κ3) is 5.52. The number of halogens is 1. The van der Waals surface area contributed by atoms with Crippen LogP contribution in [0.4, 0.5) is 5.69 Å². The molecule has 0 radical (unpaired) electrons. The third-order valence-corrected chi connectivity index (χ3v) is 4.42. The normalized spacial score (nSPS) is 11.0. The lowest BCUT2D eigenvalue weighted by molar-refractivity contribution is -0.113. The van der Waals surface area contributed by atoms with E-state index in [2.05, 4.69) is 26.6 Å². The first-order valence-corrected chi connectivity index (χ1v) is 9.46. The summed E-state index contributed by atoms with van der Waals surface area (Å²) in [7, 11) is 0. The number of Topliss-reactive ketones (excluding diaryl/α,β-unsaturated/α-hetero) is 1. The summed E-state index contributed by atoms with van der Waals surface area (Å²) in [6, 6.07) is 16.9. The van der Waals surface area contributed by atoms with Gasteiger partial charge in [-0.2, -0.15) is 0 Å². The summed E-state index contributed by atoms with van der Waals surface area (Å²) in [5.74, 6) is -1.12. The standard InChI is InChI=1S/C22H17BrN2O4/c1-14(26)16-6-3-8-18(13-16)24-21(27)19(12-15-5-2-7-17(23)11-15)25-22(28)20-9-4-10-29-20/h2-13H,1H3,(H,24,27)(H,25,28)/b19-12-. The summed E-state index contributed by atoms with van der Waals surface area (Å²) in [6.07, 6.45) is 2.93. The van der Waals surface area contributed by atoms with Crippen molar-refractivity contribution in [1.82, 2.24) is 5.32 Å². The lowest BCUT2D eigenvalue weighted by Gasteiger charge is -2.11.